The molecule has 2 aliphatic rings. The van der Waals surface area contributed by atoms with Crippen molar-refractivity contribution in [3.63, 3.8) is 0 Å². The number of fused-ring (bicyclic) bond motifs is 1. The predicted molar refractivity (Wildman–Crippen MR) is 88.4 cm³/mol. The number of halogens is 1. The van der Waals surface area contributed by atoms with Gasteiger partial charge in [0, 0.05) is 18.8 Å². The topological polar surface area (TPSA) is 61.4 Å². The quantitative estimate of drug-likeness (QED) is 0.877. The molecule has 1 atom stereocenters. The average Bonchev–Trinajstić information content (AvgIpc) is 2.84. The Hall–Kier alpha value is -1.59. The first-order valence-electron chi connectivity index (χ1n) is 7.65. The summed E-state index contributed by atoms with van der Waals surface area (Å²) in [7, 11) is 0. The summed E-state index contributed by atoms with van der Waals surface area (Å²) in [5.74, 6) is 0.163. The third-order valence-electron chi connectivity index (χ3n) is 4.19. The van der Waals surface area contributed by atoms with Crippen molar-refractivity contribution in [2.75, 3.05) is 24.5 Å². The highest BCUT2D eigenvalue weighted by Crippen LogP contribution is 2.27. The molecule has 0 aromatic heterocycles. The van der Waals surface area contributed by atoms with Crippen LogP contribution in [-0.2, 0) is 16.0 Å². The number of carbonyl (C=O) groups is 2. The summed E-state index contributed by atoms with van der Waals surface area (Å²) >= 11 is 0. The molecule has 2 heterocycles. The van der Waals surface area contributed by atoms with Crippen LogP contribution in [0.25, 0.3) is 0 Å². The maximum Gasteiger partial charge on any atom is 0.237 e. The summed E-state index contributed by atoms with van der Waals surface area (Å²) in [6.07, 6.45) is 3.61. The molecule has 0 saturated carbocycles. The van der Waals surface area contributed by atoms with Gasteiger partial charge in [0.15, 0.2) is 0 Å². The third-order valence-corrected chi connectivity index (χ3v) is 4.19. The molecule has 0 aliphatic carbocycles. The number of amides is 2. The number of hydrogen-bond acceptors (Lipinski definition) is 3. The average molecular weight is 324 g/mol. The molecule has 5 nitrogen and oxygen atoms in total. The molecule has 0 bridgehead atoms. The lowest BCUT2D eigenvalue weighted by Crippen LogP contribution is -2.48. The molecule has 1 saturated heterocycles. The van der Waals surface area contributed by atoms with E-state index < -0.39 is 0 Å². The van der Waals surface area contributed by atoms with Gasteiger partial charge in [-0.15, -0.1) is 12.4 Å². The van der Waals surface area contributed by atoms with Gasteiger partial charge in [0.25, 0.3) is 0 Å². The summed E-state index contributed by atoms with van der Waals surface area (Å²) < 4.78 is 0. The lowest BCUT2D eigenvalue weighted by molar-refractivity contribution is -0.124. The Morgan fingerprint density at radius 3 is 2.91 bits per heavy atom. The van der Waals surface area contributed by atoms with Crippen LogP contribution in [0.3, 0.4) is 0 Å². The van der Waals surface area contributed by atoms with Crippen molar-refractivity contribution in [2.45, 2.75) is 31.7 Å². The van der Waals surface area contributed by atoms with Gasteiger partial charge in [-0.3, -0.25) is 9.59 Å². The Kier molecular flexibility index (Phi) is 5.80. The van der Waals surface area contributed by atoms with E-state index in [2.05, 4.69) is 10.6 Å². The predicted octanol–water partition coefficient (Wildman–Crippen LogP) is 1.26. The van der Waals surface area contributed by atoms with Crippen molar-refractivity contribution < 1.29 is 9.59 Å². The van der Waals surface area contributed by atoms with E-state index >= 15 is 0 Å². The van der Waals surface area contributed by atoms with Crippen LogP contribution in [0.15, 0.2) is 24.3 Å². The molecule has 1 aromatic rings. The number of piperidine rings is 1. The SMILES string of the molecule is Cl.O=C(NCCN1C(=O)Cc2ccccc21)C1CCCCN1. The Labute approximate surface area is 136 Å². The van der Waals surface area contributed by atoms with E-state index in [1.54, 1.807) is 4.90 Å². The highest BCUT2D eigenvalue weighted by molar-refractivity contribution is 6.01. The van der Waals surface area contributed by atoms with Gasteiger partial charge < -0.3 is 15.5 Å². The fraction of sp³-hybridized carbons (Fsp3) is 0.500. The second-order valence-corrected chi connectivity index (χ2v) is 5.64. The van der Waals surface area contributed by atoms with E-state index in [9.17, 15) is 9.59 Å². The van der Waals surface area contributed by atoms with Crippen molar-refractivity contribution in [1.29, 1.82) is 0 Å². The van der Waals surface area contributed by atoms with Crippen LogP contribution < -0.4 is 15.5 Å². The highest BCUT2D eigenvalue weighted by Gasteiger charge is 2.26. The second-order valence-electron chi connectivity index (χ2n) is 5.64. The number of nitrogens with zero attached hydrogens (tertiary/aromatic N) is 1. The maximum absolute atomic E-state index is 12.0. The highest BCUT2D eigenvalue weighted by atomic mass is 35.5. The van der Waals surface area contributed by atoms with Crippen molar-refractivity contribution in [1.82, 2.24) is 10.6 Å². The first-order chi connectivity index (χ1) is 10.3. The first-order valence-corrected chi connectivity index (χ1v) is 7.65. The van der Waals surface area contributed by atoms with Crippen molar-refractivity contribution in [3.05, 3.63) is 29.8 Å². The Morgan fingerprint density at radius 1 is 1.32 bits per heavy atom. The van der Waals surface area contributed by atoms with Crippen molar-refractivity contribution in [2.24, 2.45) is 0 Å². The van der Waals surface area contributed by atoms with Crippen molar-refractivity contribution >= 4 is 29.9 Å². The molecular weight excluding hydrogens is 302 g/mol. The molecule has 1 unspecified atom stereocenters. The smallest absolute Gasteiger partial charge is 0.237 e. The molecule has 0 radical (unpaired) electrons. The lowest BCUT2D eigenvalue weighted by Gasteiger charge is -2.23. The normalized spacial score (nSPS) is 20.3. The molecule has 2 N–H and O–H groups in total. The Balaban J connectivity index is 0.00000176. The summed E-state index contributed by atoms with van der Waals surface area (Å²) in [6.45, 7) is 1.95. The molecule has 3 rings (SSSR count). The minimum atomic E-state index is -0.0692. The summed E-state index contributed by atoms with van der Waals surface area (Å²) in [4.78, 5) is 25.8. The van der Waals surface area contributed by atoms with E-state index in [4.69, 9.17) is 0 Å². The zero-order valence-electron chi connectivity index (χ0n) is 12.5. The molecule has 2 amide bonds. The van der Waals surface area contributed by atoms with Crippen LogP contribution in [0.1, 0.15) is 24.8 Å². The van der Waals surface area contributed by atoms with Crippen LogP contribution in [0.2, 0.25) is 0 Å². The van der Waals surface area contributed by atoms with Crippen LogP contribution in [0.5, 0.6) is 0 Å². The molecular formula is C16H22ClN3O2. The second kappa shape index (κ2) is 7.61. The molecule has 1 fully saturated rings. The van der Waals surface area contributed by atoms with E-state index in [0.717, 1.165) is 37.1 Å². The molecule has 22 heavy (non-hydrogen) atoms. The summed E-state index contributed by atoms with van der Waals surface area (Å²) in [6, 6.07) is 7.77. The number of hydrogen-bond donors (Lipinski definition) is 2. The van der Waals surface area contributed by atoms with Gasteiger partial charge >= 0.3 is 0 Å². The van der Waals surface area contributed by atoms with Crippen LogP contribution in [0, 0.1) is 0 Å². The van der Waals surface area contributed by atoms with Gasteiger partial charge in [0.2, 0.25) is 11.8 Å². The lowest BCUT2D eigenvalue weighted by atomic mass is 10.0. The van der Waals surface area contributed by atoms with Crippen LogP contribution >= 0.6 is 12.4 Å². The van der Waals surface area contributed by atoms with Crippen LogP contribution in [-0.4, -0.2) is 37.5 Å². The Morgan fingerprint density at radius 2 is 2.14 bits per heavy atom. The van der Waals surface area contributed by atoms with Gasteiger partial charge in [-0.1, -0.05) is 24.6 Å². The molecule has 6 heteroatoms. The number of benzene rings is 1. The minimum absolute atomic E-state index is 0. The first kappa shape index (κ1) is 16.8. The summed E-state index contributed by atoms with van der Waals surface area (Å²) in [5, 5.41) is 6.16. The molecule has 120 valence electrons. The van der Waals surface area contributed by atoms with E-state index in [0.29, 0.717) is 19.5 Å². The standard InChI is InChI=1S/C16H21N3O2.ClH/c20-15-11-12-5-1-2-7-14(12)19(15)10-9-18-16(21)13-6-3-4-8-17-13;/h1-2,5,7,13,17H,3-4,6,8-11H2,(H,18,21);1H. The largest absolute Gasteiger partial charge is 0.353 e. The van der Waals surface area contributed by atoms with E-state index in [1.807, 2.05) is 24.3 Å². The molecule has 0 spiro atoms. The number of para-hydroxylation sites is 1. The van der Waals surface area contributed by atoms with Gasteiger partial charge in [-0.2, -0.15) is 0 Å². The van der Waals surface area contributed by atoms with Gasteiger partial charge in [-0.25, -0.2) is 0 Å². The van der Waals surface area contributed by atoms with Gasteiger partial charge in [0.1, 0.15) is 0 Å². The van der Waals surface area contributed by atoms with E-state index in [-0.39, 0.29) is 30.3 Å². The number of anilines is 1. The van der Waals surface area contributed by atoms with Gasteiger partial charge in [0.05, 0.1) is 12.5 Å². The van der Waals surface area contributed by atoms with E-state index in [1.165, 1.54) is 0 Å². The van der Waals surface area contributed by atoms with Crippen molar-refractivity contribution in [3.8, 4) is 0 Å². The number of carbonyl (C=O) groups excluding carboxylic acids is 2. The zero-order valence-corrected chi connectivity index (χ0v) is 13.3. The van der Waals surface area contributed by atoms with Gasteiger partial charge in [-0.05, 0) is 31.0 Å². The Bertz CT molecular complexity index is 544. The van der Waals surface area contributed by atoms with Crippen LogP contribution in [0.4, 0.5) is 5.69 Å². The number of rotatable bonds is 4. The summed E-state index contributed by atoms with van der Waals surface area (Å²) in [5.41, 5.74) is 2.05. The fourth-order valence-electron chi connectivity index (χ4n) is 3.05. The molecule has 2 aliphatic heterocycles. The molecule has 1 aromatic carbocycles. The number of nitrogens with one attached hydrogen (secondary N) is 2. The zero-order chi connectivity index (χ0) is 14.7. The third kappa shape index (κ3) is 3.59. The monoisotopic (exact) mass is 323 g/mol. The minimum Gasteiger partial charge on any atom is -0.353 e. The maximum atomic E-state index is 12.0. The fourth-order valence-corrected chi connectivity index (χ4v) is 3.05.